The van der Waals surface area contributed by atoms with E-state index in [0.717, 1.165) is 36.8 Å². The highest BCUT2D eigenvalue weighted by molar-refractivity contribution is 7.40. The quantitative estimate of drug-likeness (QED) is 0.183. The molecule has 0 saturated carbocycles. The summed E-state index contributed by atoms with van der Waals surface area (Å²) in [4.78, 5) is 0. The molecule has 2 rings (SSSR count). The molecule has 0 aromatic heterocycles. The van der Waals surface area contributed by atoms with Crippen molar-refractivity contribution < 1.29 is 22.9 Å². The van der Waals surface area contributed by atoms with Gasteiger partial charge in [-0.1, -0.05) is 114 Å². The highest BCUT2D eigenvalue weighted by Gasteiger charge is 2.27. The Bertz CT molecular complexity index is 787. The predicted molar refractivity (Wildman–Crippen MR) is 147 cm³/mol. The fourth-order valence-electron chi connectivity index (χ4n) is 3.75. The minimum Gasteiger partial charge on any atom is -0.355 e. The Morgan fingerprint density at radius 1 is 0.600 bits per heavy atom. The summed E-state index contributed by atoms with van der Waals surface area (Å²) in [6.07, 6.45) is 5.06. The van der Waals surface area contributed by atoms with Crippen LogP contribution in [0.5, 0.6) is 0 Å². The standard InChI is InChI=1S/C28H44O5P2/c1-23(2)13-11-19-27(34(29)31-21-25-15-7-5-8-16-25)33-28(20-12-14-24(3)4)35(30)32-22-26-17-9-6-10-18-26/h5-10,15-18,23-24,27-28,34-35H,11-14,19-22H2,1-4H3. The van der Waals surface area contributed by atoms with Crippen molar-refractivity contribution in [1.29, 1.82) is 0 Å². The van der Waals surface area contributed by atoms with Gasteiger partial charge in [-0.3, -0.25) is 9.13 Å². The van der Waals surface area contributed by atoms with Gasteiger partial charge in [0.05, 0.1) is 13.2 Å². The van der Waals surface area contributed by atoms with Crippen molar-refractivity contribution >= 4 is 16.1 Å². The molecule has 0 amide bonds. The second-order valence-corrected chi connectivity index (χ2v) is 13.1. The molecule has 0 N–H and O–H groups in total. The average Bonchev–Trinajstić information content (AvgIpc) is 2.85. The summed E-state index contributed by atoms with van der Waals surface area (Å²) in [6, 6.07) is 19.5. The first kappa shape index (κ1) is 30.0. The SMILES string of the molecule is CC(C)CCCC(OC(CCCC(C)C)[PH](=O)OCc1ccccc1)[PH](=O)OCc1ccccc1. The lowest BCUT2D eigenvalue weighted by Gasteiger charge is -2.25. The zero-order valence-electron chi connectivity index (χ0n) is 21.8. The van der Waals surface area contributed by atoms with E-state index in [1.54, 1.807) is 0 Å². The van der Waals surface area contributed by atoms with Crippen LogP contribution in [0.1, 0.15) is 77.3 Å². The van der Waals surface area contributed by atoms with E-state index in [2.05, 4.69) is 27.7 Å². The number of ether oxygens (including phenoxy) is 1. The lowest BCUT2D eigenvalue weighted by molar-refractivity contribution is 0.0500. The summed E-state index contributed by atoms with van der Waals surface area (Å²) >= 11 is 0. The van der Waals surface area contributed by atoms with Gasteiger partial charge >= 0.3 is 0 Å². The molecule has 0 radical (unpaired) electrons. The Labute approximate surface area is 213 Å². The molecule has 5 nitrogen and oxygen atoms in total. The molecule has 0 heterocycles. The van der Waals surface area contributed by atoms with Crippen molar-refractivity contribution in [2.75, 3.05) is 0 Å². The first-order chi connectivity index (χ1) is 16.8. The second-order valence-electron chi connectivity index (χ2n) is 9.95. The molecule has 35 heavy (non-hydrogen) atoms. The summed E-state index contributed by atoms with van der Waals surface area (Å²) in [7, 11) is -5.02. The summed E-state index contributed by atoms with van der Waals surface area (Å²) in [6.45, 7) is 9.26. The molecule has 0 aliphatic heterocycles. The fourth-order valence-corrected chi connectivity index (χ4v) is 6.30. The van der Waals surface area contributed by atoms with E-state index >= 15 is 0 Å². The van der Waals surface area contributed by atoms with E-state index in [4.69, 9.17) is 13.8 Å². The zero-order chi connectivity index (χ0) is 25.5. The van der Waals surface area contributed by atoms with Crippen molar-refractivity contribution in [3.05, 3.63) is 71.8 Å². The molecule has 4 unspecified atom stereocenters. The minimum atomic E-state index is -2.51. The van der Waals surface area contributed by atoms with Gasteiger partial charge in [0.15, 0.2) is 0 Å². The van der Waals surface area contributed by atoms with Gasteiger partial charge in [0, 0.05) is 0 Å². The molecule has 0 aliphatic carbocycles. The van der Waals surface area contributed by atoms with Crippen LogP contribution in [0.2, 0.25) is 0 Å². The smallest absolute Gasteiger partial charge is 0.219 e. The molecular formula is C28H44O5P2. The predicted octanol–water partition coefficient (Wildman–Crippen LogP) is 8.69. The maximum atomic E-state index is 13.2. The molecule has 2 aromatic rings. The Kier molecular flexibility index (Phi) is 14.8. The van der Waals surface area contributed by atoms with Crippen LogP contribution in [0, 0.1) is 11.8 Å². The van der Waals surface area contributed by atoms with Gasteiger partial charge in [-0.15, -0.1) is 0 Å². The Morgan fingerprint density at radius 3 is 1.31 bits per heavy atom. The fraction of sp³-hybridized carbons (Fsp3) is 0.571. The van der Waals surface area contributed by atoms with Gasteiger partial charge in [0.1, 0.15) is 11.7 Å². The number of hydrogen-bond donors (Lipinski definition) is 0. The third-order valence-electron chi connectivity index (χ3n) is 5.80. The molecule has 0 fully saturated rings. The molecule has 2 aromatic carbocycles. The van der Waals surface area contributed by atoms with Crippen molar-refractivity contribution in [1.82, 2.24) is 0 Å². The number of hydrogen-bond acceptors (Lipinski definition) is 5. The maximum absolute atomic E-state index is 13.2. The van der Waals surface area contributed by atoms with Crippen LogP contribution in [0.15, 0.2) is 60.7 Å². The lowest BCUT2D eigenvalue weighted by Crippen LogP contribution is -2.19. The highest BCUT2D eigenvalue weighted by Crippen LogP contribution is 2.42. The van der Waals surface area contributed by atoms with Gasteiger partial charge in [0.25, 0.3) is 0 Å². The second kappa shape index (κ2) is 17.3. The average molecular weight is 523 g/mol. The van der Waals surface area contributed by atoms with E-state index in [1.165, 1.54) is 0 Å². The van der Waals surface area contributed by atoms with Crippen molar-refractivity contribution in [2.45, 2.75) is 91.1 Å². The summed E-state index contributed by atoms with van der Waals surface area (Å²) in [5.74, 6) is -0.0293. The molecule has 0 spiro atoms. The molecule has 0 saturated heterocycles. The van der Waals surface area contributed by atoms with E-state index in [-0.39, 0.29) is 13.2 Å². The summed E-state index contributed by atoms with van der Waals surface area (Å²) < 4.78 is 44.3. The van der Waals surface area contributed by atoms with Gasteiger partial charge in [-0.05, 0) is 35.8 Å². The number of benzene rings is 2. The van der Waals surface area contributed by atoms with E-state index in [1.807, 2.05) is 60.7 Å². The normalized spacial score (nSPS) is 15.3. The van der Waals surface area contributed by atoms with Crippen LogP contribution in [0.3, 0.4) is 0 Å². The van der Waals surface area contributed by atoms with Crippen LogP contribution in [-0.4, -0.2) is 11.7 Å². The van der Waals surface area contributed by atoms with Crippen molar-refractivity contribution in [3.63, 3.8) is 0 Å². The third-order valence-corrected chi connectivity index (χ3v) is 8.56. The first-order valence-corrected chi connectivity index (χ1v) is 15.7. The van der Waals surface area contributed by atoms with Crippen LogP contribution >= 0.6 is 16.1 Å². The van der Waals surface area contributed by atoms with E-state index in [0.29, 0.717) is 24.7 Å². The van der Waals surface area contributed by atoms with Crippen LogP contribution in [0.4, 0.5) is 0 Å². The largest absolute Gasteiger partial charge is 0.355 e. The van der Waals surface area contributed by atoms with Gasteiger partial charge < -0.3 is 13.8 Å². The Balaban J connectivity index is 2.06. The molecule has 0 bridgehead atoms. The minimum absolute atomic E-state index is 0.278. The lowest BCUT2D eigenvalue weighted by atomic mass is 10.1. The monoisotopic (exact) mass is 522 g/mol. The van der Waals surface area contributed by atoms with Crippen molar-refractivity contribution in [3.8, 4) is 0 Å². The van der Waals surface area contributed by atoms with Crippen LogP contribution < -0.4 is 0 Å². The Hall–Kier alpha value is -1.22. The van der Waals surface area contributed by atoms with Crippen LogP contribution in [0.25, 0.3) is 0 Å². The molecule has 4 atom stereocenters. The number of rotatable bonds is 18. The zero-order valence-corrected chi connectivity index (χ0v) is 23.8. The molecule has 196 valence electrons. The molecule has 7 heteroatoms. The van der Waals surface area contributed by atoms with Gasteiger partial charge in [0.2, 0.25) is 16.1 Å². The third kappa shape index (κ3) is 13.1. The summed E-state index contributed by atoms with van der Waals surface area (Å²) in [5, 5.41) is 0. The first-order valence-electron chi connectivity index (χ1n) is 12.9. The van der Waals surface area contributed by atoms with Crippen LogP contribution in [-0.2, 0) is 36.1 Å². The van der Waals surface area contributed by atoms with Crippen molar-refractivity contribution in [2.24, 2.45) is 11.8 Å². The molecule has 0 aliphatic rings. The highest BCUT2D eigenvalue weighted by atomic mass is 31.1. The van der Waals surface area contributed by atoms with Gasteiger partial charge in [-0.25, -0.2) is 0 Å². The maximum Gasteiger partial charge on any atom is 0.219 e. The van der Waals surface area contributed by atoms with E-state index < -0.39 is 27.7 Å². The van der Waals surface area contributed by atoms with E-state index in [9.17, 15) is 9.13 Å². The Morgan fingerprint density at radius 2 is 0.971 bits per heavy atom. The van der Waals surface area contributed by atoms with Gasteiger partial charge in [-0.2, -0.15) is 0 Å². The topological polar surface area (TPSA) is 61.8 Å². The molecular weight excluding hydrogens is 478 g/mol. The summed E-state index contributed by atoms with van der Waals surface area (Å²) in [5.41, 5.74) is 1.94.